The van der Waals surface area contributed by atoms with Crippen molar-refractivity contribution in [1.82, 2.24) is 4.98 Å². The number of rotatable bonds is 5. The average molecular weight is 362 g/mol. The average Bonchev–Trinajstić information content (AvgIpc) is 3.00. The van der Waals surface area contributed by atoms with Crippen molar-refractivity contribution in [2.45, 2.75) is 38.5 Å². The second-order valence-electron chi connectivity index (χ2n) is 6.63. The summed E-state index contributed by atoms with van der Waals surface area (Å²) in [7, 11) is 0. The van der Waals surface area contributed by atoms with E-state index in [1.54, 1.807) is 12.1 Å². The van der Waals surface area contributed by atoms with Gasteiger partial charge in [-0.25, -0.2) is 0 Å². The highest BCUT2D eigenvalue weighted by Gasteiger charge is 2.33. The summed E-state index contributed by atoms with van der Waals surface area (Å²) in [6.45, 7) is 4.19. The molecule has 6 heteroatoms. The fourth-order valence-corrected chi connectivity index (χ4v) is 3.59. The molecule has 1 heterocycles. The van der Waals surface area contributed by atoms with Crippen molar-refractivity contribution >= 4 is 16.6 Å². The highest BCUT2D eigenvalue weighted by Crippen LogP contribution is 2.41. The van der Waals surface area contributed by atoms with Gasteiger partial charge in [-0.15, -0.1) is 13.2 Å². The topological polar surface area (TPSA) is 51.0 Å². The number of H-pyrrole nitrogens is 1. The number of benzene rings is 2. The Morgan fingerprint density at radius 1 is 1.08 bits per heavy atom. The number of anilines is 1. The van der Waals surface area contributed by atoms with Crippen LogP contribution in [0.15, 0.2) is 48.7 Å². The second kappa shape index (κ2) is 6.59. The molecule has 0 saturated carbocycles. The molecule has 0 aliphatic heterocycles. The van der Waals surface area contributed by atoms with Gasteiger partial charge in [-0.3, -0.25) is 0 Å². The summed E-state index contributed by atoms with van der Waals surface area (Å²) >= 11 is 0. The summed E-state index contributed by atoms with van der Waals surface area (Å²) in [5.41, 5.74) is 9.23. The molecule has 0 radical (unpaired) electrons. The Labute approximate surface area is 150 Å². The van der Waals surface area contributed by atoms with Gasteiger partial charge in [0.05, 0.1) is 11.2 Å². The monoisotopic (exact) mass is 362 g/mol. The Balaban J connectivity index is 2.06. The maximum atomic E-state index is 12.4. The van der Waals surface area contributed by atoms with Crippen LogP contribution >= 0.6 is 0 Å². The predicted octanol–water partition coefficient (Wildman–Crippen LogP) is 5.75. The number of hydrogen-bond acceptors (Lipinski definition) is 2. The molecule has 0 amide bonds. The minimum absolute atomic E-state index is 0.219. The molecule has 0 bridgehead atoms. The number of aromatic nitrogens is 1. The molecule has 1 aromatic heterocycles. The fraction of sp³-hybridized carbons (Fsp3) is 0.300. The Morgan fingerprint density at radius 3 is 2.38 bits per heavy atom. The van der Waals surface area contributed by atoms with Crippen LogP contribution in [0.1, 0.15) is 37.8 Å². The largest absolute Gasteiger partial charge is 0.573 e. The molecule has 2 aromatic carbocycles. The Hall–Kier alpha value is -2.63. The van der Waals surface area contributed by atoms with Crippen molar-refractivity contribution in [2.24, 2.45) is 0 Å². The normalized spacial score (nSPS) is 14.3. The van der Waals surface area contributed by atoms with Crippen LogP contribution in [0.4, 0.5) is 18.9 Å². The van der Waals surface area contributed by atoms with E-state index in [0.717, 1.165) is 34.9 Å². The zero-order valence-electron chi connectivity index (χ0n) is 14.7. The van der Waals surface area contributed by atoms with Gasteiger partial charge in [-0.2, -0.15) is 0 Å². The minimum atomic E-state index is -4.69. The number of halogens is 3. The number of aromatic amines is 1. The van der Waals surface area contributed by atoms with E-state index >= 15 is 0 Å². The van der Waals surface area contributed by atoms with Crippen molar-refractivity contribution in [2.75, 3.05) is 5.73 Å². The molecular formula is C20H21F3N2O. The molecule has 26 heavy (non-hydrogen) atoms. The molecule has 3 nitrogen and oxygen atoms in total. The van der Waals surface area contributed by atoms with E-state index in [4.69, 9.17) is 5.73 Å². The van der Waals surface area contributed by atoms with Gasteiger partial charge in [-0.05, 0) is 35.7 Å². The SMILES string of the molecule is CCCC(C)(c1ccc(OC(F)(F)F)cc1)c1c[nH]c2c(N)cccc12. The predicted molar refractivity (Wildman–Crippen MR) is 97.2 cm³/mol. The number of hydrogen-bond donors (Lipinski definition) is 2. The Kier molecular flexibility index (Phi) is 4.61. The van der Waals surface area contributed by atoms with E-state index in [-0.39, 0.29) is 11.2 Å². The van der Waals surface area contributed by atoms with E-state index < -0.39 is 6.36 Å². The molecule has 0 fully saturated rings. The van der Waals surface area contributed by atoms with Gasteiger partial charge in [0.1, 0.15) is 5.75 Å². The highest BCUT2D eigenvalue weighted by atomic mass is 19.4. The van der Waals surface area contributed by atoms with Crippen LogP contribution in [0.25, 0.3) is 10.9 Å². The molecular weight excluding hydrogens is 341 g/mol. The van der Waals surface area contributed by atoms with Crippen LogP contribution in [0.3, 0.4) is 0 Å². The third-order valence-electron chi connectivity index (χ3n) is 4.82. The van der Waals surface area contributed by atoms with Crippen LogP contribution < -0.4 is 10.5 Å². The van der Waals surface area contributed by atoms with E-state index in [1.807, 2.05) is 24.4 Å². The molecule has 3 N–H and O–H groups in total. The standard InChI is InChI=1S/C20H21F3N2O/c1-3-11-19(2,13-7-9-14(10-8-13)26-20(21,22)23)16-12-25-18-15(16)5-4-6-17(18)24/h4-10,12,25H,3,11,24H2,1-2H3. The zero-order chi connectivity index (χ0) is 18.9. The second-order valence-corrected chi connectivity index (χ2v) is 6.63. The Bertz CT molecular complexity index is 900. The van der Waals surface area contributed by atoms with E-state index in [9.17, 15) is 13.2 Å². The first-order chi connectivity index (χ1) is 12.2. The number of nitrogen functional groups attached to an aromatic ring is 1. The molecule has 0 saturated heterocycles. The number of para-hydroxylation sites is 1. The summed E-state index contributed by atoms with van der Waals surface area (Å²) in [5, 5.41) is 1.02. The number of nitrogens with one attached hydrogen (secondary N) is 1. The molecule has 3 aromatic rings. The van der Waals surface area contributed by atoms with Gasteiger partial charge < -0.3 is 15.5 Å². The van der Waals surface area contributed by atoms with Crippen LogP contribution in [0.2, 0.25) is 0 Å². The zero-order valence-corrected chi connectivity index (χ0v) is 14.7. The number of alkyl halides is 3. The van der Waals surface area contributed by atoms with Crippen LogP contribution in [-0.2, 0) is 5.41 Å². The van der Waals surface area contributed by atoms with Gasteiger partial charge in [0.2, 0.25) is 0 Å². The van der Waals surface area contributed by atoms with Crippen molar-refractivity contribution in [3.63, 3.8) is 0 Å². The number of fused-ring (bicyclic) bond motifs is 1. The maximum absolute atomic E-state index is 12.4. The van der Waals surface area contributed by atoms with E-state index in [1.165, 1.54) is 12.1 Å². The molecule has 1 atom stereocenters. The van der Waals surface area contributed by atoms with Gasteiger partial charge in [0.25, 0.3) is 0 Å². The summed E-state index contributed by atoms with van der Waals surface area (Å²) in [6, 6.07) is 11.9. The molecule has 0 spiro atoms. The summed E-state index contributed by atoms with van der Waals surface area (Å²) in [6.07, 6.45) is -0.986. The lowest BCUT2D eigenvalue weighted by atomic mass is 9.73. The highest BCUT2D eigenvalue weighted by molar-refractivity contribution is 5.93. The lowest BCUT2D eigenvalue weighted by Gasteiger charge is -2.30. The summed E-state index contributed by atoms with van der Waals surface area (Å²) < 4.78 is 41.2. The first kappa shape index (κ1) is 18.2. The third kappa shape index (κ3) is 3.36. The van der Waals surface area contributed by atoms with Gasteiger partial charge in [-0.1, -0.05) is 44.5 Å². The quantitative estimate of drug-likeness (QED) is 0.567. The van der Waals surface area contributed by atoms with Gasteiger partial charge in [0, 0.05) is 17.0 Å². The first-order valence-electron chi connectivity index (χ1n) is 8.47. The lowest BCUT2D eigenvalue weighted by molar-refractivity contribution is -0.274. The first-order valence-corrected chi connectivity index (χ1v) is 8.47. The van der Waals surface area contributed by atoms with Crippen molar-refractivity contribution in [3.8, 4) is 5.75 Å². The van der Waals surface area contributed by atoms with Crippen molar-refractivity contribution < 1.29 is 17.9 Å². The number of ether oxygens (including phenoxy) is 1. The van der Waals surface area contributed by atoms with Crippen LogP contribution in [0.5, 0.6) is 5.75 Å². The molecule has 3 rings (SSSR count). The third-order valence-corrected chi connectivity index (χ3v) is 4.82. The van der Waals surface area contributed by atoms with Crippen LogP contribution in [0, 0.1) is 0 Å². The summed E-state index contributed by atoms with van der Waals surface area (Å²) in [4.78, 5) is 3.23. The minimum Gasteiger partial charge on any atom is -0.406 e. The molecule has 0 aliphatic rings. The number of nitrogens with two attached hydrogens (primary N) is 1. The van der Waals surface area contributed by atoms with Gasteiger partial charge in [0.15, 0.2) is 0 Å². The van der Waals surface area contributed by atoms with Crippen LogP contribution in [-0.4, -0.2) is 11.3 Å². The molecule has 1 unspecified atom stereocenters. The fourth-order valence-electron chi connectivity index (χ4n) is 3.59. The maximum Gasteiger partial charge on any atom is 0.573 e. The molecule has 138 valence electrons. The smallest absolute Gasteiger partial charge is 0.406 e. The van der Waals surface area contributed by atoms with E-state index in [0.29, 0.717) is 5.69 Å². The van der Waals surface area contributed by atoms with Crippen molar-refractivity contribution in [3.05, 3.63) is 59.8 Å². The Morgan fingerprint density at radius 2 is 1.77 bits per heavy atom. The lowest BCUT2D eigenvalue weighted by Crippen LogP contribution is -2.23. The van der Waals surface area contributed by atoms with Crippen molar-refractivity contribution in [1.29, 1.82) is 0 Å². The summed E-state index contributed by atoms with van der Waals surface area (Å²) in [5.74, 6) is -0.219. The molecule has 0 aliphatic carbocycles. The van der Waals surface area contributed by atoms with Gasteiger partial charge >= 0.3 is 6.36 Å². The van der Waals surface area contributed by atoms with E-state index in [2.05, 4.69) is 23.6 Å².